The Morgan fingerprint density at radius 1 is 1.38 bits per heavy atom. The van der Waals surface area contributed by atoms with Gasteiger partial charge in [-0.3, -0.25) is 4.79 Å². The van der Waals surface area contributed by atoms with E-state index in [0.29, 0.717) is 5.56 Å². The maximum absolute atomic E-state index is 13.0. The van der Waals surface area contributed by atoms with Gasteiger partial charge in [-0.1, -0.05) is 6.07 Å². The Balaban J connectivity index is 3.07. The smallest absolute Gasteiger partial charge is 0.338 e. The van der Waals surface area contributed by atoms with Gasteiger partial charge in [-0.05, 0) is 31.5 Å². The summed E-state index contributed by atoms with van der Waals surface area (Å²) < 4.78 is 17.8. The first-order chi connectivity index (χ1) is 7.54. The molecule has 4 heteroatoms. The molecule has 0 bridgehead atoms. The highest BCUT2D eigenvalue weighted by molar-refractivity contribution is 5.93. The molecule has 0 heterocycles. The molecule has 86 valence electrons. The number of carbonyl (C=O) groups excluding carboxylic acids is 2. The molecule has 3 nitrogen and oxygen atoms in total. The van der Waals surface area contributed by atoms with E-state index in [9.17, 15) is 14.0 Å². The number of hydrogen-bond acceptors (Lipinski definition) is 3. The van der Waals surface area contributed by atoms with Crippen LogP contribution in [0, 0.1) is 5.82 Å². The Hall–Kier alpha value is -1.71. The minimum Gasteiger partial charge on any atom is -0.462 e. The maximum atomic E-state index is 13.0. The van der Waals surface area contributed by atoms with E-state index in [-0.39, 0.29) is 24.4 Å². The number of Topliss-reactive ketones (excluding diaryl/α,β-unsaturated/α-hetero) is 1. The summed E-state index contributed by atoms with van der Waals surface area (Å²) in [6, 6.07) is 3.75. The van der Waals surface area contributed by atoms with Crippen LogP contribution in [-0.2, 0) is 16.0 Å². The van der Waals surface area contributed by atoms with Gasteiger partial charge >= 0.3 is 5.97 Å². The van der Waals surface area contributed by atoms with Crippen LogP contribution >= 0.6 is 0 Å². The van der Waals surface area contributed by atoms with Gasteiger partial charge in [0.25, 0.3) is 0 Å². The molecule has 1 aromatic carbocycles. The van der Waals surface area contributed by atoms with Gasteiger partial charge in [0.05, 0.1) is 12.2 Å². The Kier molecular flexibility index (Phi) is 4.17. The molecule has 0 aromatic heterocycles. The minimum atomic E-state index is -0.599. The quantitative estimate of drug-likeness (QED) is 0.736. The van der Waals surface area contributed by atoms with Crippen molar-refractivity contribution in [1.29, 1.82) is 0 Å². The summed E-state index contributed by atoms with van der Waals surface area (Å²) in [4.78, 5) is 22.5. The van der Waals surface area contributed by atoms with Crippen molar-refractivity contribution in [1.82, 2.24) is 0 Å². The second kappa shape index (κ2) is 5.39. The largest absolute Gasteiger partial charge is 0.462 e. The summed E-state index contributed by atoms with van der Waals surface area (Å²) in [6.07, 6.45) is 0.106. The van der Waals surface area contributed by atoms with Crippen molar-refractivity contribution in [3.8, 4) is 0 Å². The van der Waals surface area contributed by atoms with Gasteiger partial charge in [0.1, 0.15) is 11.6 Å². The van der Waals surface area contributed by atoms with E-state index in [4.69, 9.17) is 4.74 Å². The topological polar surface area (TPSA) is 43.4 Å². The lowest BCUT2D eigenvalue weighted by atomic mass is 10.0. The van der Waals surface area contributed by atoms with E-state index in [0.717, 1.165) is 6.07 Å². The summed E-state index contributed by atoms with van der Waals surface area (Å²) in [5.41, 5.74) is 0.615. The normalized spacial score (nSPS) is 9.94. The predicted octanol–water partition coefficient (Wildman–Crippen LogP) is 2.13. The van der Waals surface area contributed by atoms with E-state index >= 15 is 0 Å². The van der Waals surface area contributed by atoms with Gasteiger partial charge in [0.15, 0.2) is 0 Å². The third kappa shape index (κ3) is 3.15. The van der Waals surface area contributed by atoms with Crippen LogP contribution in [0.3, 0.4) is 0 Å². The van der Waals surface area contributed by atoms with Crippen LogP contribution in [0.1, 0.15) is 29.8 Å². The van der Waals surface area contributed by atoms with Crippen LogP contribution in [0.2, 0.25) is 0 Å². The molecule has 0 amide bonds. The summed E-state index contributed by atoms with van der Waals surface area (Å²) in [5, 5.41) is 0. The number of benzene rings is 1. The van der Waals surface area contributed by atoms with Crippen LogP contribution in [0.4, 0.5) is 4.39 Å². The zero-order valence-corrected chi connectivity index (χ0v) is 9.25. The van der Waals surface area contributed by atoms with Gasteiger partial charge in [0, 0.05) is 6.42 Å². The second-order valence-electron chi connectivity index (χ2n) is 3.40. The maximum Gasteiger partial charge on any atom is 0.338 e. The van der Waals surface area contributed by atoms with Crippen LogP contribution in [0.5, 0.6) is 0 Å². The van der Waals surface area contributed by atoms with Crippen molar-refractivity contribution in [3.63, 3.8) is 0 Å². The fraction of sp³-hybridized carbons (Fsp3) is 0.333. The molecule has 1 aromatic rings. The fourth-order valence-electron chi connectivity index (χ4n) is 1.37. The molecular formula is C12H13FO3. The van der Waals surface area contributed by atoms with Gasteiger partial charge in [-0.15, -0.1) is 0 Å². The van der Waals surface area contributed by atoms with E-state index < -0.39 is 11.8 Å². The summed E-state index contributed by atoms with van der Waals surface area (Å²) >= 11 is 0. The third-order valence-corrected chi connectivity index (χ3v) is 2.01. The minimum absolute atomic E-state index is 0.0860. The summed E-state index contributed by atoms with van der Waals surface area (Å²) in [7, 11) is 0. The molecule has 0 aliphatic carbocycles. The standard InChI is InChI=1S/C12H13FO3/c1-3-16-12(15)11-7-10(13)5-4-9(11)6-8(2)14/h4-5,7H,3,6H2,1-2H3. The lowest BCUT2D eigenvalue weighted by Crippen LogP contribution is -2.10. The second-order valence-corrected chi connectivity index (χ2v) is 3.40. The van der Waals surface area contributed by atoms with Gasteiger partial charge < -0.3 is 4.74 Å². The molecule has 0 saturated heterocycles. The lowest BCUT2D eigenvalue weighted by molar-refractivity contribution is -0.116. The van der Waals surface area contributed by atoms with Crippen LogP contribution in [0.25, 0.3) is 0 Å². The Labute approximate surface area is 93.2 Å². The summed E-state index contributed by atoms with van der Waals surface area (Å²) in [6.45, 7) is 3.30. The molecular weight excluding hydrogens is 211 g/mol. The molecule has 0 spiro atoms. The Morgan fingerprint density at radius 3 is 2.62 bits per heavy atom. The number of rotatable bonds is 4. The monoisotopic (exact) mass is 224 g/mol. The molecule has 0 aliphatic rings. The number of ketones is 1. The van der Waals surface area contributed by atoms with Crippen molar-refractivity contribution in [2.75, 3.05) is 6.61 Å². The number of carbonyl (C=O) groups is 2. The average molecular weight is 224 g/mol. The number of hydrogen-bond donors (Lipinski definition) is 0. The third-order valence-electron chi connectivity index (χ3n) is 2.01. The molecule has 0 fully saturated rings. The molecule has 0 aliphatic heterocycles. The molecule has 0 unspecified atom stereocenters. The molecule has 1 rings (SSSR count). The molecule has 0 saturated carbocycles. The van der Waals surface area contributed by atoms with Gasteiger partial charge in [0.2, 0.25) is 0 Å². The van der Waals surface area contributed by atoms with Crippen molar-refractivity contribution in [3.05, 3.63) is 35.1 Å². The SMILES string of the molecule is CCOC(=O)c1cc(F)ccc1CC(C)=O. The van der Waals surface area contributed by atoms with Crippen LogP contribution in [0.15, 0.2) is 18.2 Å². The van der Waals surface area contributed by atoms with E-state index in [2.05, 4.69) is 0 Å². The highest BCUT2D eigenvalue weighted by atomic mass is 19.1. The highest BCUT2D eigenvalue weighted by Crippen LogP contribution is 2.14. The zero-order valence-electron chi connectivity index (χ0n) is 9.25. The molecule has 0 radical (unpaired) electrons. The molecule has 16 heavy (non-hydrogen) atoms. The van der Waals surface area contributed by atoms with Crippen molar-refractivity contribution >= 4 is 11.8 Å². The first kappa shape index (κ1) is 12.4. The number of esters is 1. The first-order valence-corrected chi connectivity index (χ1v) is 4.99. The van der Waals surface area contributed by atoms with Gasteiger partial charge in [-0.2, -0.15) is 0 Å². The Morgan fingerprint density at radius 2 is 2.06 bits per heavy atom. The number of ether oxygens (including phenoxy) is 1. The highest BCUT2D eigenvalue weighted by Gasteiger charge is 2.14. The van der Waals surface area contributed by atoms with E-state index in [1.807, 2.05) is 0 Å². The van der Waals surface area contributed by atoms with Gasteiger partial charge in [-0.25, -0.2) is 9.18 Å². The summed E-state index contributed by atoms with van der Waals surface area (Å²) in [5.74, 6) is -1.20. The Bertz CT molecular complexity index is 413. The van der Waals surface area contributed by atoms with E-state index in [1.54, 1.807) is 6.92 Å². The number of halogens is 1. The van der Waals surface area contributed by atoms with Crippen LogP contribution < -0.4 is 0 Å². The predicted molar refractivity (Wildman–Crippen MR) is 56.7 cm³/mol. The zero-order chi connectivity index (χ0) is 12.1. The van der Waals surface area contributed by atoms with Crippen LogP contribution in [-0.4, -0.2) is 18.4 Å². The van der Waals surface area contributed by atoms with E-state index in [1.165, 1.54) is 19.1 Å². The average Bonchev–Trinajstić information content (AvgIpc) is 2.20. The fourth-order valence-corrected chi connectivity index (χ4v) is 1.37. The first-order valence-electron chi connectivity index (χ1n) is 4.99. The molecule has 0 N–H and O–H groups in total. The molecule has 0 atom stereocenters. The van der Waals surface area contributed by atoms with Crippen molar-refractivity contribution < 1.29 is 18.7 Å². The van der Waals surface area contributed by atoms with Crippen molar-refractivity contribution in [2.24, 2.45) is 0 Å². The lowest BCUT2D eigenvalue weighted by Gasteiger charge is -2.07. The van der Waals surface area contributed by atoms with Crippen molar-refractivity contribution in [2.45, 2.75) is 20.3 Å².